The van der Waals surface area contributed by atoms with Crippen molar-refractivity contribution in [2.75, 3.05) is 33.4 Å². The predicted molar refractivity (Wildman–Crippen MR) is 79.3 cm³/mol. The van der Waals surface area contributed by atoms with E-state index in [1.807, 2.05) is 0 Å². The van der Waals surface area contributed by atoms with Crippen molar-refractivity contribution in [1.29, 1.82) is 0 Å². The van der Waals surface area contributed by atoms with Crippen molar-refractivity contribution in [1.82, 2.24) is 10.2 Å². The van der Waals surface area contributed by atoms with Crippen LogP contribution in [-0.4, -0.2) is 44.2 Å². The third-order valence-corrected chi connectivity index (χ3v) is 3.86. The van der Waals surface area contributed by atoms with E-state index in [0.29, 0.717) is 17.9 Å². The molecule has 1 saturated heterocycles. The standard InChI is InChI=1S/C16H23FN2O2/c1-21-12-13-6-8-19(11-13)9-7-16(20)18-10-14-4-2-3-5-15(14)17/h2-5,13H,6-12H2,1H3,(H,18,20)/t13-/m1/s1. The van der Waals surface area contributed by atoms with Gasteiger partial charge < -0.3 is 15.0 Å². The minimum atomic E-state index is -0.278. The Hall–Kier alpha value is -1.46. The monoisotopic (exact) mass is 294 g/mol. The summed E-state index contributed by atoms with van der Waals surface area (Å²) in [6.45, 7) is 3.81. The maximum atomic E-state index is 13.4. The van der Waals surface area contributed by atoms with E-state index in [0.717, 1.165) is 32.7 Å². The molecule has 0 radical (unpaired) electrons. The lowest BCUT2D eigenvalue weighted by Gasteiger charge is -2.15. The SMILES string of the molecule is COC[C@@H]1CCN(CCC(=O)NCc2ccccc2F)C1. The van der Waals surface area contributed by atoms with Gasteiger partial charge in [0.05, 0.1) is 6.61 Å². The van der Waals surface area contributed by atoms with Crippen molar-refractivity contribution in [2.24, 2.45) is 5.92 Å². The number of likely N-dealkylation sites (tertiary alicyclic amines) is 1. The smallest absolute Gasteiger partial charge is 0.221 e. The van der Waals surface area contributed by atoms with Crippen molar-refractivity contribution in [2.45, 2.75) is 19.4 Å². The molecule has 116 valence electrons. The summed E-state index contributed by atoms with van der Waals surface area (Å²) in [4.78, 5) is 14.1. The quantitative estimate of drug-likeness (QED) is 0.834. The van der Waals surface area contributed by atoms with Gasteiger partial charge in [-0.05, 0) is 24.9 Å². The van der Waals surface area contributed by atoms with E-state index in [-0.39, 0.29) is 18.3 Å². The molecule has 0 spiro atoms. The largest absolute Gasteiger partial charge is 0.384 e. The second-order valence-corrected chi connectivity index (χ2v) is 5.53. The number of rotatable bonds is 7. The van der Waals surface area contributed by atoms with E-state index < -0.39 is 0 Å². The number of hydrogen-bond acceptors (Lipinski definition) is 3. The number of nitrogens with one attached hydrogen (secondary N) is 1. The number of ether oxygens (including phenoxy) is 1. The highest BCUT2D eigenvalue weighted by atomic mass is 19.1. The lowest BCUT2D eigenvalue weighted by Crippen LogP contribution is -2.30. The summed E-state index contributed by atoms with van der Waals surface area (Å²) in [7, 11) is 1.72. The van der Waals surface area contributed by atoms with Gasteiger partial charge in [0.1, 0.15) is 5.82 Å². The number of hydrogen-bond donors (Lipinski definition) is 1. The Morgan fingerprint density at radius 1 is 1.48 bits per heavy atom. The van der Waals surface area contributed by atoms with E-state index in [2.05, 4.69) is 10.2 Å². The lowest BCUT2D eigenvalue weighted by atomic mass is 10.1. The molecule has 1 fully saturated rings. The molecule has 0 aliphatic carbocycles. The van der Waals surface area contributed by atoms with E-state index in [1.54, 1.807) is 25.3 Å². The molecule has 0 unspecified atom stereocenters. The van der Waals surface area contributed by atoms with Crippen LogP contribution in [0.2, 0.25) is 0 Å². The Kier molecular flexibility index (Phi) is 6.14. The number of methoxy groups -OCH3 is 1. The Morgan fingerprint density at radius 3 is 3.05 bits per heavy atom. The summed E-state index contributed by atoms with van der Waals surface area (Å²) in [5, 5.41) is 2.77. The Bertz CT molecular complexity index is 467. The highest BCUT2D eigenvalue weighted by Crippen LogP contribution is 2.16. The van der Waals surface area contributed by atoms with Crippen LogP contribution < -0.4 is 5.32 Å². The van der Waals surface area contributed by atoms with E-state index in [1.165, 1.54) is 6.07 Å². The van der Waals surface area contributed by atoms with Crippen LogP contribution in [-0.2, 0) is 16.1 Å². The maximum absolute atomic E-state index is 13.4. The molecule has 0 saturated carbocycles. The fourth-order valence-corrected chi connectivity index (χ4v) is 2.67. The van der Waals surface area contributed by atoms with Crippen LogP contribution in [0.25, 0.3) is 0 Å². The molecule has 1 heterocycles. The van der Waals surface area contributed by atoms with Crippen LogP contribution in [0.4, 0.5) is 4.39 Å². The first-order valence-electron chi connectivity index (χ1n) is 7.40. The molecule has 1 atom stereocenters. The normalized spacial score (nSPS) is 18.9. The predicted octanol–water partition coefficient (Wildman–Crippen LogP) is 1.80. The highest BCUT2D eigenvalue weighted by molar-refractivity contribution is 5.76. The van der Waals surface area contributed by atoms with Crippen LogP contribution in [0, 0.1) is 11.7 Å². The zero-order chi connectivity index (χ0) is 15.1. The van der Waals surface area contributed by atoms with Gasteiger partial charge in [0.2, 0.25) is 5.91 Å². The number of nitrogens with zero attached hydrogens (tertiary/aromatic N) is 1. The molecule has 1 N–H and O–H groups in total. The summed E-state index contributed by atoms with van der Waals surface area (Å²) in [5.74, 6) is 0.268. The minimum Gasteiger partial charge on any atom is -0.384 e. The van der Waals surface area contributed by atoms with Crippen molar-refractivity contribution in [3.8, 4) is 0 Å². The summed E-state index contributed by atoms with van der Waals surface area (Å²) in [5.41, 5.74) is 0.521. The molecule has 21 heavy (non-hydrogen) atoms. The molecule has 1 amide bonds. The number of carbonyl (C=O) groups is 1. The maximum Gasteiger partial charge on any atom is 0.221 e. The molecule has 5 heteroatoms. The third kappa shape index (κ3) is 5.10. The molecular formula is C16H23FN2O2. The molecule has 0 bridgehead atoms. The molecule has 1 aromatic carbocycles. The summed E-state index contributed by atoms with van der Waals surface area (Å²) in [6.07, 6.45) is 1.58. The fraction of sp³-hybridized carbons (Fsp3) is 0.562. The van der Waals surface area contributed by atoms with Crippen LogP contribution in [0.5, 0.6) is 0 Å². The van der Waals surface area contributed by atoms with Gasteiger partial charge in [0.25, 0.3) is 0 Å². The van der Waals surface area contributed by atoms with E-state index in [4.69, 9.17) is 4.74 Å². The first kappa shape index (κ1) is 15.9. The number of carbonyl (C=O) groups excluding carboxylic acids is 1. The highest BCUT2D eigenvalue weighted by Gasteiger charge is 2.22. The van der Waals surface area contributed by atoms with Crippen molar-refractivity contribution >= 4 is 5.91 Å². The zero-order valence-electron chi connectivity index (χ0n) is 12.5. The topological polar surface area (TPSA) is 41.6 Å². The van der Waals surface area contributed by atoms with Gasteiger partial charge in [-0.25, -0.2) is 4.39 Å². The second-order valence-electron chi connectivity index (χ2n) is 5.53. The van der Waals surface area contributed by atoms with Crippen molar-refractivity contribution in [3.63, 3.8) is 0 Å². The molecule has 1 aliphatic heterocycles. The van der Waals surface area contributed by atoms with Crippen LogP contribution in [0.3, 0.4) is 0 Å². The summed E-state index contributed by atoms with van der Waals surface area (Å²) < 4.78 is 18.6. The van der Waals surface area contributed by atoms with Crippen LogP contribution in [0.15, 0.2) is 24.3 Å². The second kappa shape index (κ2) is 8.10. The summed E-state index contributed by atoms with van der Waals surface area (Å²) in [6, 6.07) is 6.50. The van der Waals surface area contributed by atoms with Crippen LogP contribution in [0.1, 0.15) is 18.4 Å². The van der Waals surface area contributed by atoms with Gasteiger partial charge in [-0.3, -0.25) is 4.79 Å². The van der Waals surface area contributed by atoms with Crippen LogP contribution >= 0.6 is 0 Å². The molecule has 2 rings (SSSR count). The third-order valence-electron chi connectivity index (χ3n) is 3.86. The van der Waals surface area contributed by atoms with E-state index >= 15 is 0 Å². The average molecular weight is 294 g/mol. The molecule has 1 aliphatic rings. The first-order valence-corrected chi connectivity index (χ1v) is 7.40. The summed E-state index contributed by atoms with van der Waals surface area (Å²) >= 11 is 0. The number of benzene rings is 1. The minimum absolute atomic E-state index is 0.0338. The lowest BCUT2D eigenvalue weighted by molar-refractivity contribution is -0.121. The van der Waals surface area contributed by atoms with Crippen molar-refractivity contribution in [3.05, 3.63) is 35.6 Å². The van der Waals surface area contributed by atoms with Gasteiger partial charge in [-0.2, -0.15) is 0 Å². The van der Waals surface area contributed by atoms with Gasteiger partial charge >= 0.3 is 0 Å². The van der Waals surface area contributed by atoms with E-state index in [9.17, 15) is 9.18 Å². The van der Waals surface area contributed by atoms with Gasteiger partial charge in [-0.1, -0.05) is 18.2 Å². The van der Waals surface area contributed by atoms with Crippen molar-refractivity contribution < 1.29 is 13.9 Å². The van der Waals surface area contributed by atoms with Gasteiger partial charge in [-0.15, -0.1) is 0 Å². The fourth-order valence-electron chi connectivity index (χ4n) is 2.67. The Labute approximate surface area is 125 Å². The first-order chi connectivity index (χ1) is 10.2. The number of halogens is 1. The average Bonchev–Trinajstić information content (AvgIpc) is 2.92. The Balaban J connectivity index is 1.65. The Morgan fingerprint density at radius 2 is 2.29 bits per heavy atom. The molecular weight excluding hydrogens is 271 g/mol. The molecule has 0 aromatic heterocycles. The zero-order valence-corrected chi connectivity index (χ0v) is 12.5. The van der Waals surface area contributed by atoms with Gasteiger partial charge in [0, 0.05) is 38.7 Å². The molecule has 4 nitrogen and oxygen atoms in total. The van der Waals surface area contributed by atoms with Gasteiger partial charge in [0.15, 0.2) is 0 Å². The number of amides is 1. The molecule has 1 aromatic rings.